The monoisotopic (exact) mass is 303 g/mol. The van der Waals surface area contributed by atoms with Gasteiger partial charge in [0.05, 0.1) is 0 Å². The lowest BCUT2D eigenvalue weighted by Gasteiger charge is -2.17. The van der Waals surface area contributed by atoms with E-state index in [1.165, 1.54) is 18.2 Å². The molecule has 0 radical (unpaired) electrons. The fourth-order valence-corrected chi connectivity index (χ4v) is 3.12. The molecule has 1 aliphatic heterocycles. The summed E-state index contributed by atoms with van der Waals surface area (Å²) in [6.45, 7) is 0. The quantitative estimate of drug-likeness (QED) is 0.883. The van der Waals surface area contributed by atoms with Gasteiger partial charge in [0, 0.05) is 12.1 Å². The molecular weight excluding hydrogens is 290 g/mol. The molecule has 5 nitrogen and oxygen atoms in total. The van der Waals surface area contributed by atoms with Crippen LogP contribution in [0.1, 0.15) is 12.0 Å². The Kier molecular flexibility index (Phi) is 3.39. The van der Waals surface area contributed by atoms with Gasteiger partial charge < -0.3 is 9.50 Å². The van der Waals surface area contributed by atoms with E-state index in [4.69, 9.17) is 4.18 Å². The van der Waals surface area contributed by atoms with Gasteiger partial charge in [-0.15, -0.1) is 0 Å². The third-order valence-electron chi connectivity index (χ3n) is 3.21. The average Bonchev–Trinajstić information content (AvgIpc) is 2.48. The van der Waals surface area contributed by atoms with Crippen LogP contribution < -0.4 is 9.50 Å². The van der Waals surface area contributed by atoms with Crippen LogP contribution in [0.4, 0.5) is 5.69 Å². The number of fused-ring (bicyclic) bond motifs is 1. The molecule has 1 aliphatic rings. The van der Waals surface area contributed by atoms with Crippen LogP contribution in [0, 0.1) is 0 Å². The number of carbonyl (C=O) groups is 1. The molecule has 21 heavy (non-hydrogen) atoms. The molecule has 0 bridgehead atoms. The number of benzene rings is 2. The van der Waals surface area contributed by atoms with E-state index in [0.29, 0.717) is 18.5 Å². The summed E-state index contributed by atoms with van der Waals surface area (Å²) in [5, 5.41) is 2.74. The molecule has 1 heterocycles. The number of anilines is 1. The second kappa shape index (κ2) is 5.21. The fourth-order valence-electron chi connectivity index (χ4n) is 2.17. The molecule has 0 unspecified atom stereocenters. The molecule has 108 valence electrons. The number of hydrogen-bond acceptors (Lipinski definition) is 4. The summed E-state index contributed by atoms with van der Waals surface area (Å²) in [5.74, 6) is 0.210. The zero-order valence-corrected chi connectivity index (χ0v) is 11.9. The third-order valence-corrected chi connectivity index (χ3v) is 4.47. The lowest BCUT2D eigenvalue weighted by Crippen LogP contribution is -2.19. The minimum atomic E-state index is -3.84. The SMILES string of the molecule is O=C1CCc2cc(OS(=O)(=O)c3ccccc3)ccc2N1. The Morgan fingerprint density at radius 1 is 1.00 bits per heavy atom. The minimum absolute atomic E-state index is 0.0342. The molecule has 0 aromatic heterocycles. The zero-order chi connectivity index (χ0) is 14.9. The van der Waals surface area contributed by atoms with Crippen LogP contribution in [0.5, 0.6) is 5.75 Å². The number of carbonyl (C=O) groups excluding carboxylic acids is 1. The standard InChI is InChI=1S/C15H13NO4S/c17-15-9-6-11-10-12(7-8-14(11)16-15)20-21(18,19)13-4-2-1-3-5-13/h1-5,7-8,10H,6,9H2,(H,16,17). The summed E-state index contributed by atoms with van der Waals surface area (Å²) in [4.78, 5) is 11.4. The van der Waals surface area contributed by atoms with E-state index in [0.717, 1.165) is 5.56 Å². The smallest absolute Gasteiger partial charge is 0.339 e. The fraction of sp³-hybridized carbons (Fsp3) is 0.133. The van der Waals surface area contributed by atoms with E-state index >= 15 is 0 Å². The van der Waals surface area contributed by atoms with Gasteiger partial charge in [-0.1, -0.05) is 18.2 Å². The van der Waals surface area contributed by atoms with E-state index in [1.54, 1.807) is 30.3 Å². The van der Waals surface area contributed by atoms with Crippen molar-refractivity contribution in [3.8, 4) is 5.75 Å². The van der Waals surface area contributed by atoms with Crippen LogP contribution in [0.2, 0.25) is 0 Å². The topological polar surface area (TPSA) is 72.5 Å². The second-order valence-corrected chi connectivity index (χ2v) is 6.26. The Bertz CT molecular complexity index is 785. The van der Waals surface area contributed by atoms with Crippen molar-refractivity contribution in [2.24, 2.45) is 0 Å². The van der Waals surface area contributed by atoms with Gasteiger partial charge in [0.1, 0.15) is 10.6 Å². The molecule has 0 atom stereocenters. The van der Waals surface area contributed by atoms with Crippen molar-refractivity contribution in [3.63, 3.8) is 0 Å². The van der Waals surface area contributed by atoms with Gasteiger partial charge in [0.15, 0.2) is 0 Å². The second-order valence-electron chi connectivity index (χ2n) is 4.72. The molecule has 0 spiro atoms. The highest BCUT2D eigenvalue weighted by atomic mass is 32.2. The first-order chi connectivity index (χ1) is 10.0. The Hall–Kier alpha value is -2.34. The normalized spacial score (nSPS) is 14.2. The van der Waals surface area contributed by atoms with E-state index < -0.39 is 10.1 Å². The van der Waals surface area contributed by atoms with Crippen molar-refractivity contribution in [1.29, 1.82) is 0 Å². The number of nitrogens with one attached hydrogen (secondary N) is 1. The first kappa shape index (κ1) is 13.6. The molecule has 2 aromatic rings. The summed E-state index contributed by atoms with van der Waals surface area (Å²) < 4.78 is 29.4. The maximum atomic E-state index is 12.1. The van der Waals surface area contributed by atoms with Crippen LogP contribution in [0.15, 0.2) is 53.4 Å². The Morgan fingerprint density at radius 3 is 2.52 bits per heavy atom. The van der Waals surface area contributed by atoms with Gasteiger partial charge >= 0.3 is 10.1 Å². The van der Waals surface area contributed by atoms with Gasteiger partial charge in [-0.05, 0) is 42.3 Å². The highest BCUT2D eigenvalue weighted by molar-refractivity contribution is 7.87. The molecule has 0 fully saturated rings. The molecule has 2 aromatic carbocycles. The van der Waals surface area contributed by atoms with Crippen molar-refractivity contribution < 1.29 is 17.4 Å². The summed E-state index contributed by atoms with van der Waals surface area (Å²) in [6.07, 6.45) is 0.964. The van der Waals surface area contributed by atoms with Crippen molar-refractivity contribution in [1.82, 2.24) is 0 Å². The van der Waals surface area contributed by atoms with Crippen LogP contribution in [-0.2, 0) is 21.3 Å². The van der Waals surface area contributed by atoms with Crippen LogP contribution in [-0.4, -0.2) is 14.3 Å². The van der Waals surface area contributed by atoms with E-state index in [2.05, 4.69) is 5.32 Å². The number of rotatable bonds is 3. The van der Waals surface area contributed by atoms with E-state index in [1.807, 2.05) is 0 Å². The van der Waals surface area contributed by atoms with Gasteiger partial charge in [0.25, 0.3) is 0 Å². The first-order valence-electron chi connectivity index (χ1n) is 6.47. The zero-order valence-electron chi connectivity index (χ0n) is 11.1. The van der Waals surface area contributed by atoms with Crippen molar-refractivity contribution >= 4 is 21.7 Å². The molecule has 6 heteroatoms. The number of amides is 1. The molecule has 0 aliphatic carbocycles. The predicted octanol–water partition coefficient (Wildman–Crippen LogP) is 2.34. The van der Waals surface area contributed by atoms with Gasteiger partial charge in [-0.3, -0.25) is 4.79 Å². The van der Waals surface area contributed by atoms with E-state index in [-0.39, 0.29) is 16.6 Å². The van der Waals surface area contributed by atoms with Gasteiger partial charge in [-0.25, -0.2) is 0 Å². The summed E-state index contributed by atoms with van der Waals surface area (Å²) in [5.41, 5.74) is 1.58. The Labute approximate surface area is 122 Å². The van der Waals surface area contributed by atoms with Gasteiger partial charge in [-0.2, -0.15) is 8.42 Å². The number of hydrogen-bond donors (Lipinski definition) is 1. The van der Waals surface area contributed by atoms with Crippen LogP contribution in [0.25, 0.3) is 0 Å². The maximum Gasteiger partial charge on any atom is 0.339 e. The third kappa shape index (κ3) is 2.90. The molecule has 0 saturated carbocycles. The lowest BCUT2D eigenvalue weighted by molar-refractivity contribution is -0.116. The molecular formula is C15H13NO4S. The largest absolute Gasteiger partial charge is 0.379 e. The Balaban J connectivity index is 1.88. The van der Waals surface area contributed by atoms with Crippen molar-refractivity contribution in [2.45, 2.75) is 17.7 Å². The lowest BCUT2D eigenvalue weighted by atomic mass is 10.0. The van der Waals surface area contributed by atoms with Gasteiger partial charge in [0.2, 0.25) is 5.91 Å². The number of aryl methyl sites for hydroxylation is 1. The highest BCUT2D eigenvalue weighted by Gasteiger charge is 2.19. The average molecular weight is 303 g/mol. The molecule has 1 amide bonds. The molecule has 0 saturated heterocycles. The summed E-state index contributed by atoms with van der Waals surface area (Å²) in [7, 11) is -3.84. The summed E-state index contributed by atoms with van der Waals surface area (Å²) >= 11 is 0. The molecule has 1 N–H and O–H groups in total. The highest BCUT2D eigenvalue weighted by Crippen LogP contribution is 2.28. The maximum absolute atomic E-state index is 12.1. The van der Waals surface area contributed by atoms with Crippen LogP contribution in [0.3, 0.4) is 0 Å². The predicted molar refractivity (Wildman–Crippen MR) is 77.6 cm³/mol. The van der Waals surface area contributed by atoms with E-state index in [9.17, 15) is 13.2 Å². The van der Waals surface area contributed by atoms with Crippen molar-refractivity contribution in [3.05, 3.63) is 54.1 Å². The molecule has 3 rings (SSSR count). The summed E-state index contributed by atoms with van der Waals surface area (Å²) in [6, 6.07) is 12.8. The van der Waals surface area contributed by atoms with Crippen molar-refractivity contribution in [2.75, 3.05) is 5.32 Å². The first-order valence-corrected chi connectivity index (χ1v) is 7.88. The minimum Gasteiger partial charge on any atom is -0.379 e. The van der Waals surface area contributed by atoms with Crippen LogP contribution >= 0.6 is 0 Å². The Morgan fingerprint density at radius 2 is 1.76 bits per heavy atom.